The summed E-state index contributed by atoms with van der Waals surface area (Å²) in [7, 11) is 0. The van der Waals surface area contributed by atoms with Crippen LogP contribution in [-0.4, -0.2) is 36.9 Å². The molecule has 1 aromatic rings. The number of hydrogen-bond donors (Lipinski definition) is 0. The first kappa shape index (κ1) is 16.0. The zero-order valence-corrected chi connectivity index (χ0v) is 13.7. The van der Waals surface area contributed by atoms with Crippen LogP contribution in [-0.2, 0) is 0 Å². The second kappa shape index (κ2) is 7.08. The van der Waals surface area contributed by atoms with Gasteiger partial charge in [0.1, 0.15) is 5.75 Å². The summed E-state index contributed by atoms with van der Waals surface area (Å²) in [6.07, 6.45) is 2.49. The monoisotopic (exact) mass is 289 g/mol. The summed E-state index contributed by atoms with van der Waals surface area (Å²) in [6.45, 7) is 11.5. The van der Waals surface area contributed by atoms with Crippen molar-refractivity contribution in [1.29, 1.82) is 0 Å². The van der Waals surface area contributed by atoms with Gasteiger partial charge in [-0.3, -0.25) is 9.69 Å². The van der Waals surface area contributed by atoms with Crippen LogP contribution in [0.5, 0.6) is 5.75 Å². The molecule has 0 bridgehead atoms. The van der Waals surface area contributed by atoms with Crippen LogP contribution in [0.1, 0.15) is 48.2 Å². The molecule has 0 aliphatic carbocycles. The van der Waals surface area contributed by atoms with Gasteiger partial charge >= 0.3 is 0 Å². The Labute approximate surface area is 128 Å². The van der Waals surface area contributed by atoms with Gasteiger partial charge in [-0.15, -0.1) is 0 Å². The molecule has 0 aromatic heterocycles. The Hall–Kier alpha value is -1.35. The molecule has 1 heterocycles. The van der Waals surface area contributed by atoms with Crippen molar-refractivity contribution in [3.05, 3.63) is 28.8 Å². The fourth-order valence-corrected chi connectivity index (χ4v) is 3.12. The van der Waals surface area contributed by atoms with Crippen molar-refractivity contribution < 1.29 is 9.53 Å². The highest BCUT2D eigenvalue weighted by Crippen LogP contribution is 2.24. The van der Waals surface area contributed by atoms with Crippen LogP contribution >= 0.6 is 0 Å². The minimum absolute atomic E-state index is 0.229. The van der Waals surface area contributed by atoms with E-state index in [0.717, 1.165) is 35.5 Å². The third-order valence-corrected chi connectivity index (χ3v) is 4.23. The lowest BCUT2D eigenvalue weighted by molar-refractivity contribution is 0.0892. The number of rotatable bonds is 5. The molecule has 1 atom stereocenters. The predicted octanol–water partition coefficient (Wildman–Crippen LogP) is 3.62. The fraction of sp³-hybridized carbons (Fsp3) is 0.611. The molecular weight excluding hydrogens is 262 g/mol. The second-order valence-electron chi connectivity index (χ2n) is 6.27. The SMILES string of the molecule is CCOc1cc(C)c(C(=O)CN2CCCC(C)C2)cc1C. The zero-order chi connectivity index (χ0) is 15.4. The lowest BCUT2D eigenvalue weighted by Gasteiger charge is -2.30. The Kier molecular flexibility index (Phi) is 5.40. The molecular formula is C18H27NO2. The Morgan fingerprint density at radius 2 is 2.10 bits per heavy atom. The molecule has 0 saturated carbocycles. The molecule has 0 radical (unpaired) electrons. The van der Waals surface area contributed by atoms with Crippen LogP contribution in [0.2, 0.25) is 0 Å². The quantitative estimate of drug-likeness (QED) is 0.775. The maximum absolute atomic E-state index is 12.6. The molecule has 0 N–H and O–H groups in total. The Bertz CT molecular complexity index is 510. The number of ketones is 1. The zero-order valence-electron chi connectivity index (χ0n) is 13.7. The molecule has 116 valence electrons. The highest BCUT2D eigenvalue weighted by Gasteiger charge is 2.20. The van der Waals surface area contributed by atoms with E-state index in [1.807, 2.05) is 32.9 Å². The molecule has 1 unspecified atom stereocenters. The van der Waals surface area contributed by atoms with Gasteiger partial charge in [-0.25, -0.2) is 0 Å². The molecule has 0 spiro atoms. The topological polar surface area (TPSA) is 29.5 Å². The Morgan fingerprint density at radius 1 is 1.33 bits per heavy atom. The third-order valence-electron chi connectivity index (χ3n) is 4.23. The number of carbonyl (C=O) groups is 1. The van der Waals surface area contributed by atoms with Gasteiger partial charge in [-0.2, -0.15) is 0 Å². The smallest absolute Gasteiger partial charge is 0.177 e. The van der Waals surface area contributed by atoms with Crippen LogP contribution in [0, 0.1) is 19.8 Å². The van der Waals surface area contributed by atoms with E-state index in [-0.39, 0.29) is 5.78 Å². The number of likely N-dealkylation sites (tertiary alicyclic amines) is 1. The van der Waals surface area contributed by atoms with Crippen molar-refractivity contribution in [1.82, 2.24) is 4.90 Å². The minimum Gasteiger partial charge on any atom is -0.494 e. The average Bonchev–Trinajstić information content (AvgIpc) is 2.42. The molecule has 1 fully saturated rings. The molecule has 0 amide bonds. The van der Waals surface area contributed by atoms with E-state index < -0.39 is 0 Å². The Balaban J connectivity index is 2.10. The molecule has 3 nitrogen and oxygen atoms in total. The average molecular weight is 289 g/mol. The van der Waals surface area contributed by atoms with E-state index in [1.165, 1.54) is 12.8 Å². The minimum atomic E-state index is 0.229. The largest absolute Gasteiger partial charge is 0.494 e. The summed E-state index contributed by atoms with van der Waals surface area (Å²) < 4.78 is 5.59. The van der Waals surface area contributed by atoms with Crippen molar-refractivity contribution >= 4 is 5.78 Å². The first-order valence-corrected chi connectivity index (χ1v) is 8.00. The maximum Gasteiger partial charge on any atom is 0.177 e. The molecule has 2 rings (SSSR count). The number of hydrogen-bond acceptors (Lipinski definition) is 3. The second-order valence-corrected chi connectivity index (χ2v) is 6.27. The number of carbonyl (C=O) groups excluding carboxylic acids is 1. The number of nitrogens with zero attached hydrogens (tertiary/aromatic N) is 1. The van der Waals surface area contributed by atoms with Gasteiger partial charge in [-0.05, 0) is 69.3 Å². The van der Waals surface area contributed by atoms with Crippen LogP contribution in [0.15, 0.2) is 12.1 Å². The normalized spacial score (nSPS) is 19.5. The highest BCUT2D eigenvalue weighted by atomic mass is 16.5. The van der Waals surface area contributed by atoms with Crippen molar-refractivity contribution in [2.24, 2.45) is 5.92 Å². The van der Waals surface area contributed by atoms with E-state index >= 15 is 0 Å². The van der Waals surface area contributed by atoms with E-state index in [9.17, 15) is 4.79 Å². The molecule has 3 heteroatoms. The van der Waals surface area contributed by atoms with Crippen molar-refractivity contribution in [2.45, 2.75) is 40.5 Å². The Morgan fingerprint density at radius 3 is 2.76 bits per heavy atom. The van der Waals surface area contributed by atoms with Crippen LogP contribution in [0.4, 0.5) is 0 Å². The van der Waals surface area contributed by atoms with Gasteiger partial charge in [0.2, 0.25) is 0 Å². The maximum atomic E-state index is 12.6. The summed E-state index contributed by atoms with van der Waals surface area (Å²) in [6, 6.07) is 3.97. The van der Waals surface area contributed by atoms with Crippen molar-refractivity contribution in [3.63, 3.8) is 0 Å². The molecule has 1 aliphatic rings. The molecule has 21 heavy (non-hydrogen) atoms. The first-order valence-electron chi connectivity index (χ1n) is 8.00. The summed E-state index contributed by atoms with van der Waals surface area (Å²) in [5, 5.41) is 0. The lowest BCUT2D eigenvalue weighted by Crippen LogP contribution is -2.38. The summed E-state index contributed by atoms with van der Waals surface area (Å²) in [5.74, 6) is 1.82. The van der Waals surface area contributed by atoms with Crippen LogP contribution < -0.4 is 4.74 Å². The summed E-state index contributed by atoms with van der Waals surface area (Å²) >= 11 is 0. The van der Waals surface area contributed by atoms with Gasteiger partial charge < -0.3 is 4.74 Å². The van der Waals surface area contributed by atoms with Gasteiger partial charge in [0.15, 0.2) is 5.78 Å². The van der Waals surface area contributed by atoms with E-state index in [2.05, 4.69) is 11.8 Å². The van der Waals surface area contributed by atoms with Crippen LogP contribution in [0.25, 0.3) is 0 Å². The third kappa shape index (κ3) is 4.07. The molecule has 1 aromatic carbocycles. The summed E-state index contributed by atoms with van der Waals surface area (Å²) in [4.78, 5) is 14.9. The van der Waals surface area contributed by atoms with Crippen molar-refractivity contribution in [2.75, 3.05) is 26.2 Å². The van der Waals surface area contributed by atoms with E-state index in [4.69, 9.17) is 4.74 Å². The van der Waals surface area contributed by atoms with Gasteiger partial charge in [0.05, 0.1) is 13.2 Å². The summed E-state index contributed by atoms with van der Waals surface area (Å²) in [5.41, 5.74) is 2.89. The van der Waals surface area contributed by atoms with E-state index in [0.29, 0.717) is 19.1 Å². The number of benzene rings is 1. The van der Waals surface area contributed by atoms with Crippen molar-refractivity contribution in [3.8, 4) is 5.75 Å². The van der Waals surface area contributed by atoms with Gasteiger partial charge in [-0.1, -0.05) is 6.92 Å². The molecule has 1 saturated heterocycles. The van der Waals surface area contributed by atoms with Crippen LogP contribution in [0.3, 0.4) is 0 Å². The van der Waals surface area contributed by atoms with Gasteiger partial charge in [0.25, 0.3) is 0 Å². The number of aryl methyl sites for hydroxylation is 2. The highest BCUT2D eigenvalue weighted by molar-refractivity contribution is 5.99. The predicted molar refractivity (Wildman–Crippen MR) is 86.3 cm³/mol. The lowest BCUT2D eigenvalue weighted by atomic mass is 9.97. The van der Waals surface area contributed by atoms with E-state index in [1.54, 1.807) is 0 Å². The van der Waals surface area contributed by atoms with Gasteiger partial charge in [0, 0.05) is 12.1 Å². The molecule has 1 aliphatic heterocycles. The number of ether oxygens (including phenoxy) is 1. The number of piperidine rings is 1. The first-order chi connectivity index (χ1) is 10.0. The standard InChI is InChI=1S/C18H27NO2/c1-5-21-18-10-14(3)16(9-15(18)4)17(20)12-19-8-6-7-13(2)11-19/h9-10,13H,5-8,11-12H2,1-4H3. The number of Topliss-reactive ketones (excluding diaryl/α,β-unsaturated/α-hetero) is 1. The fourth-order valence-electron chi connectivity index (χ4n) is 3.12.